The lowest BCUT2D eigenvalue weighted by Gasteiger charge is -2.21. The van der Waals surface area contributed by atoms with Crippen molar-refractivity contribution in [2.45, 2.75) is 26.2 Å². The summed E-state index contributed by atoms with van der Waals surface area (Å²) in [4.78, 5) is 11.3. The minimum atomic E-state index is -1.06. The number of carboxylic acids is 1. The van der Waals surface area contributed by atoms with E-state index in [-0.39, 0.29) is 11.1 Å². The van der Waals surface area contributed by atoms with Crippen molar-refractivity contribution in [2.24, 2.45) is 0 Å². The fourth-order valence-corrected chi connectivity index (χ4v) is 3.12. The van der Waals surface area contributed by atoms with Gasteiger partial charge in [0.1, 0.15) is 5.75 Å². The van der Waals surface area contributed by atoms with E-state index in [0.717, 1.165) is 11.4 Å². The van der Waals surface area contributed by atoms with Gasteiger partial charge in [-0.2, -0.15) is 5.10 Å². The van der Waals surface area contributed by atoms with E-state index in [1.165, 1.54) is 0 Å². The van der Waals surface area contributed by atoms with Crippen LogP contribution < -0.4 is 4.74 Å². The summed E-state index contributed by atoms with van der Waals surface area (Å²) in [6, 6.07) is 7.36. The lowest BCUT2D eigenvalue weighted by molar-refractivity contribution is 0.0689. The third-order valence-corrected chi connectivity index (χ3v) is 3.79. The predicted molar refractivity (Wildman–Crippen MR) is 83.5 cm³/mol. The molecule has 0 spiro atoms. The zero-order valence-corrected chi connectivity index (χ0v) is 13.9. The van der Waals surface area contributed by atoms with Gasteiger partial charge in [0.2, 0.25) is 0 Å². The Balaban J connectivity index is 2.72. The highest BCUT2D eigenvalue weighted by Gasteiger charge is 2.29. The zero-order valence-electron chi connectivity index (χ0n) is 12.3. The summed E-state index contributed by atoms with van der Waals surface area (Å²) in [5, 5.41) is 13.5. The van der Waals surface area contributed by atoms with Crippen LogP contribution in [-0.4, -0.2) is 28.0 Å². The van der Waals surface area contributed by atoms with E-state index in [2.05, 4.69) is 21.0 Å². The average molecular weight is 353 g/mol. The van der Waals surface area contributed by atoms with E-state index in [1.54, 1.807) is 11.8 Å². The molecule has 1 heterocycles. The maximum Gasteiger partial charge on any atom is 0.357 e. The number of carboxylic acid groups (broad SMARTS) is 1. The van der Waals surface area contributed by atoms with Gasteiger partial charge in [-0.3, -0.25) is 0 Å². The number of aromatic nitrogens is 2. The third kappa shape index (κ3) is 2.95. The van der Waals surface area contributed by atoms with Gasteiger partial charge in [-0.1, -0.05) is 26.8 Å². The van der Waals surface area contributed by atoms with Gasteiger partial charge in [0.05, 0.1) is 23.0 Å². The van der Waals surface area contributed by atoms with Crippen LogP contribution in [0.25, 0.3) is 5.69 Å². The number of nitrogens with zero attached hydrogens (tertiary/aromatic N) is 2. The lowest BCUT2D eigenvalue weighted by atomic mass is 9.91. The van der Waals surface area contributed by atoms with Crippen LogP contribution in [-0.2, 0) is 5.41 Å². The van der Waals surface area contributed by atoms with Crippen LogP contribution in [0.4, 0.5) is 0 Å². The third-order valence-electron chi connectivity index (χ3n) is 3.04. The number of carbonyl (C=O) groups is 1. The van der Waals surface area contributed by atoms with Crippen LogP contribution in [0.2, 0.25) is 0 Å². The average Bonchev–Trinajstić information content (AvgIpc) is 2.76. The Bertz CT molecular complexity index is 687. The fourth-order valence-electron chi connectivity index (χ4n) is 2.11. The quantitative estimate of drug-likeness (QED) is 0.915. The lowest BCUT2D eigenvalue weighted by Crippen LogP contribution is -2.18. The monoisotopic (exact) mass is 352 g/mol. The van der Waals surface area contributed by atoms with E-state index in [1.807, 2.05) is 45.0 Å². The summed E-state index contributed by atoms with van der Waals surface area (Å²) in [5.74, 6) is -0.370. The summed E-state index contributed by atoms with van der Waals surface area (Å²) < 4.78 is 7.37. The number of benzene rings is 1. The molecule has 0 saturated carbocycles. The van der Waals surface area contributed by atoms with Gasteiger partial charge >= 0.3 is 5.97 Å². The summed E-state index contributed by atoms with van der Waals surface area (Å²) in [5.41, 5.74) is 1.28. The summed E-state index contributed by atoms with van der Waals surface area (Å²) in [6.45, 7) is 6.03. The second-order valence-corrected chi connectivity index (χ2v) is 6.47. The summed E-state index contributed by atoms with van der Waals surface area (Å²) in [6.07, 6.45) is 0. The second kappa shape index (κ2) is 5.52. The minimum Gasteiger partial charge on any atom is -0.497 e. The minimum absolute atomic E-state index is 0.00254. The second-order valence-electron chi connectivity index (χ2n) is 5.68. The molecule has 0 aliphatic carbocycles. The Morgan fingerprint density at radius 1 is 1.38 bits per heavy atom. The summed E-state index contributed by atoms with van der Waals surface area (Å²) >= 11 is 3.38. The molecule has 1 N–H and O–H groups in total. The molecule has 0 aliphatic rings. The first-order chi connectivity index (χ1) is 9.75. The Labute approximate surface area is 131 Å². The molecule has 1 aromatic heterocycles. The first kappa shape index (κ1) is 15.6. The van der Waals surface area contributed by atoms with E-state index in [0.29, 0.717) is 10.2 Å². The van der Waals surface area contributed by atoms with Crippen molar-refractivity contribution in [1.82, 2.24) is 9.78 Å². The number of ether oxygens (including phenoxy) is 1. The van der Waals surface area contributed by atoms with E-state index >= 15 is 0 Å². The number of aromatic carboxylic acids is 1. The standard InChI is InChI=1S/C15H17BrN2O3/c1-15(2,3)13-11(16)12(14(19)20)17-18(13)9-6-5-7-10(8-9)21-4/h5-8H,1-4H3,(H,19,20). The Morgan fingerprint density at radius 3 is 2.57 bits per heavy atom. The molecule has 1 aromatic carbocycles. The van der Waals surface area contributed by atoms with Crippen molar-refractivity contribution >= 4 is 21.9 Å². The molecule has 0 unspecified atom stereocenters. The maximum atomic E-state index is 11.3. The molecule has 0 aliphatic heterocycles. The van der Waals surface area contributed by atoms with Crippen molar-refractivity contribution in [3.63, 3.8) is 0 Å². The SMILES string of the molecule is COc1cccc(-n2nc(C(=O)O)c(Br)c2C(C)(C)C)c1. The molecular weight excluding hydrogens is 336 g/mol. The highest BCUT2D eigenvalue weighted by atomic mass is 79.9. The maximum absolute atomic E-state index is 11.3. The normalized spacial score (nSPS) is 11.5. The predicted octanol–water partition coefficient (Wildman–Crippen LogP) is 3.64. The smallest absolute Gasteiger partial charge is 0.357 e. The van der Waals surface area contributed by atoms with Crippen molar-refractivity contribution in [1.29, 1.82) is 0 Å². The number of hydrogen-bond donors (Lipinski definition) is 1. The molecule has 0 amide bonds. The number of rotatable bonds is 3. The molecule has 0 atom stereocenters. The van der Waals surface area contributed by atoms with E-state index in [9.17, 15) is 9.90 Å². The van der Waals surface area contributed by atoms with Gasteiger partial charge in [0.15, 0.2) is 5.69 Å². The van der Waals surface area contributed by atoms with Crippen molar-refractivity contribution in [3.05, 3.63) is 40.1 Å². The highest BCUT2D eigenvalue weighted by molar-refractivity contribution is 9.10. The largest absolute Gasteiger partial charge is 0.497 e. The molecule has 21 heavy (non-hydrogen) atoms. The Hall–Kier alpha value is -1.82. The molecule has 0 fully saturated rings. The number of methoxy groups -OCH3 is 1. The molecule has 0 radical (unpaired) electrons. The number of halogens is 1. The zero-order chi connectivity index (χ0) is 15.8. The molecule has 5 nitrogen and oxygen atoms in total. The van der Waals surface area contributed by atoms with Crippen LogP contribution in [0.5, 0.6) is 5.75 Å². The van der Waals surface area contributed by atoms with Crippen molar-refractivity contribution in [2.75, 3.05) is 7.11 Å². The fraction of sp³-hybridized carbons (Fsp3) is 0.333. The van der Waals surface area contributed by atoms with Gasteiger partial charge < -0.3 is 9.84 Å². The Morgan fingerprint density at radius 2 is 2.05 bits per heavy atom. The summed E-state index contributed by atoms with van der Waals surface area (Å²) in [7, 11) is 1.59. The number of hydrogen-bond acceptors (Lipinski definition) is 3. The first-order valence-electron chi connectivity index (χ1n) is 6.42. The first-order valence-corrected chi connectivity index (χ1v) is 7.21. The molecule has 6 heteroatoms. The van der Waals surface area contributed by atoms with Gasteiger partial charge in [-0.25, -0.2) is 9.48 Å². The van der Waals surface area contributed by atoms with Crippen molar-refractivity contribution < 1.29 is 14.6 Å². The Kier molecular flexibility index (Phi) is 4.09. The van der Waals surface area contributed by atoms with Crippen LogP contribution in [0, 0.1) is 0 Å². The van der Waals surface area contributed by atoms with Crippen LogP contribution in [0.1, 0.15) is 37.0 Å². The van der Waals surface area contributed by atoms with Crippen LogP contribution in [0.15, 0.2) is 28.7 Å². The molecule has 112 valence electrons. The van der Waals surface area contributed by atoms with Gasteiger partial charge in [-0.05, 0) is 28.1 Å². The van der Waals surface area contributed by atoms with Gasteiger partial charge in [0, 0.05) is 11.5 Å². The molecule has 0 saturated heterocycles. The highest BCUT2D eigenvalue weighted by Crippen LogP contribution is 2.34. The van der Waals surface area contributed by atoms with Gasteiger partial charge in [0.25, 0.3) is 0 Å². The molecule has 2 aromatic rings. The van der Waals surface area contributed by atoms with Crippen molar-refractivity contribution in [3.8, 4) is 11.4 Å². The van der Waals surface area contributed by atoms with Gasteiger partial charge in [-0.15, -0.1) is 0 Å². The molecule has 0 bridgehead atoms. The van der Waals surface area contributed by atoms with E-state index < -0.39 is 5.97 Å². The van der Waals surface area contributed by atoms with E-state index in [4.69, 9.17) is 4.74 Å². The molecular formula is C15H17BrN2O3. The van der Waals surface area contributed by atoms with Crippen LogP contribution in [0.3, 0.4) is 0 Å². The molecule has 2 rings (SSSR count). The topological polar surface area (TPSA) is 64.4 Å². The van der Waals surface area contributed by atoms with Crippen LogP contribution >= 0.6 is 15.9 Å².